The largest absolute Gasteiger partial charge is 0.321 e. The highest BCUT2D eigenvalue weighted by molar-refractivity contribution is 7.89. The third-order valence-electron chi connectivity index (χ3n) is 4.52. The SMILES string of the molecule is CC1CCN(S(=O)(=O)c2ccc(NC(=O)c3nc(Cl)ccc3Cl)cc2)CC1. The lowest BCUT2D eigenvalue weighted by Gasteiger charge is -2.29. The van der Waals surface area contributed by atoms with Crippen molar-refractivity contribution in [1.82, 2.24) is 9.29 Å². The van der Waals surface area contributed by atoms with Gasteiger partial charge in [-0.25, -0.2) is 13.4 Å². The number of rotatable bonds is 4. The Morgan fingerprint density at radius 1 is 1.11 bits per heavy atom. The molecule has 2 aromatic rings. The first-order valence-electron chi connectivity index (χ1n) is 8.51. The number of amides is 1. The van der Waals surface area contributed by atoms with E-state index in [0.717, 1.165) is 12.8 Å². The number of pyridine rings is 1. The van der Waals surface area contributed by atoms with Crippen LogP contribution in [-0.4, -0.2) is 36.7 Å². The summed E-state index contributed by atoms with van der Waals surface area (Å²) in [5.74, 6) is 0.0177. The van der Waals surface area contributed by atoms with Gasteiger partial charge in [0, 0.05) is 18.8 Å². The molecule has 0 unspecified atom stereocenters. The fourth-order valence-corrected chi connectivity index (χ4v) is 4.66. The van der Waals surface area contributed by atoms with Gasteiger partial charge in [0.2, 0.25) is 10.0 Å². The summed E-state index contributed by atoms with van der Waals surface area (Å²) < 4.78 is 27.0. The Labute approximate surface area is 168 Å². The lowest BCUT2D eigenvalue weighted by molar-refractivity contribution is 0.102. The lowest BCUT2D eigenvalue weighted by Crippen LogP contribution is -2.37. The normalized spacial score (nSPS) is 16.3. The van der Waals surface area contributed by atoms with Gasteiger partial charge in [0.1, 0.15) is 10.8 Å². The number of hydrogen-bond donors (Lipinski definition) is 1. The van der Waals surface area contributed by atoms with Gasteiger partial charge in [0.05, 0.1) is 9.92 Å². The first-order chi connectivity index (χ1) is 12.8. The molecule has 0 bridgehead atoms. The van der Waals surface area contributed by atoms with E-state index < -0.39 is 15.9 Å². The maximum atomic E-state index is 12.7. The molecule has 144 valence electrons. The zero-order valence-electron chi connectivity index (χ0n) is 14.7. The van der Waals surface area contributed by atoms with Crippen molar-refractivity contribution in [1.29, 1.82) is 0 Å². The van der Waals surface area contributed by atoms with Gasteiger partial charge in [0.25, 0.3) is 5.91 Å². The minimum absolute atomic E-state index is 0.00306. The van der Waals surface area contributed by atoms with Crippen molar-refractivity contribution in [2.24, 2.45) is 5.92 Å². The van der Waals surface area contributed by atoms with Gasteiger partial charge in [-0.3, -0.25) is 4.79 Å². The van der Waals surface area contributed by atoms with E-state index >= 15 is 0 Å². The zero-order valence-corrected chi connectivity index (χ0v) is 17.0. The molecule has 6 nitrogen and oxygen atoms in total. The Hall–Kier alpha value is -1.67. The van der Waals surface area contributed by atoms with E-state index in [4.69, 9.17) is 23.2 Å². The third-order valence-corrected chi connectivity index (χ3v) is 6.95. The summed E-state index contributed by atoms with van der Waals surface area (Å²) in [5, 5.41) is 2.97. The molecule has 0 aliphatic carbocycles. The molecule has 1 aliphatic heterocycles. The van der Waals surface area contributed by atoms with E-state index in [0.29, 0.717) is 24.7 Å². The third kappa shape index (κ3) is 4.60. The number of anilines is 1. The summed E-state index contributed by atoms with van der Waals surface area (Å²) in [4.78, 5) is 16.4. The van der Waals surface area contributed by atoms with Crippen LogP contribution in [-0.2, 0) is 10.0 Å². The highest BCUT2D eigenvalue weighted by Gasteiger charge is 2.28. The van der Waals surface area contributed by atoms with E-state index in [1.165, 1.54) is 40.7 Å². The second-order valence-corrected chi connectivity index (χ2v) is 9.26. The molecular formula is C18H19Cl2N3O3S. The van der Waals surface area contributed by atoms with Gasteiger partial charge >= 0.3 is 0 Å². The molecule has 9 heteroatoms. The van der Waals surface area contributed by atoms with E-state index in [1.54, 1.807) is 0 Å². The van der Waals surface area contributed by atoms with Crippen LogP contribution in [0, 0.1) is 5.92 Å². The van der Waals surface area contributed by atoms with Crippen LogP contribution in [0.2, 0.25) is 10.2 Å². The van der Waals surface area contributed by atoms with E-state index in [-0.39, 0.29) is 20.8 Å². The van der Waals surface area contributed by atoms with Crippen molar-refractivity contribution >= 4 is 44.8 Å². The number of halogens is 2. The fourth-order valence-electron chi connectivity index (χ4n) is 2.85. The molecule has 0 atom stereocenters. The van der Waals surface area contributed by atoms with Crippen molar-refractivity contribution in [2.75, 3.05) is 18.4 Å². The van der Waals surface area contributed by atoms with Crippen LogP contribution in [0.1, 0.15) is 30.3 Å². The molecule has 0 saturated carbocycles. The van der Waals surface area contributed by atoms with Crippen molar-refractivity contribution in [3.05, 3.63) is 52.3 Å². The molecule has 1 saturated heterocycles. The van der Waals surface area contributed by atoms with Crippen LogP contribution < -0.4 is 5.32 Å². The second kappa shape index (κ2) is 8.14. The number of hydrogen-bond acceptors (Lipinski definition) is 4. The average molecular weight is 428 g/mol. The van der Waals surface area contributed by atoms with Crippen molar-refractivity contribution in [3.63, 3.8) is 0 Å². The predicted octanol–water partition coefficient (Wildman–Crippen LogP) is 4.06. The number of nitrogens with one attached hydrogen (secondary N) is 1. The smallest absolute Gasteiger partial charge is 0.275 e. The Kier molecular flexibility index (Phi) is 6.05. The number of sulfonamides is 1. The Morgan fingerprint density at radius 2 is 1.74 bits per heavy atom. The minimum Gasteiger partial charge on any atom is -0.321 e. The van der Waals surface area contributed by atoms with Gasteiger partial charge in [-0.15, -0.1) is 0 Å². The summed E-state index contributed by atoms with van der Waals surface area (Å²) in [5.41, 5.74) is 0.437. The summed E-state index contributed by atoms with van der Waals surface area (Å²) >= 11 is 11.8. The lowest BCUT2D eigenvalue weighted by atomic mass is 10.0. The molecule has 1 aromatic heterocycles. The van der Waals surface area contributed by atoms with E-state index in [2.05, 4.69) is 17.2 Å². The Balaban J connectivity index is 1.73. The first-order valence-corrected chi connectivity index (χ1v) is 10.7. The Morgan fingerprint density at radius 3 is 2.37 bits per heavy atom. The number of nitrogens with zero attached hydrogens (tertiary/aromatic N) is 2. The standard InChI is InChI=1S/C18H19Cl2N3O3S/c1-12-8-10-23(11-9-12)27(25,26)14-4-2-13(3-5-14)21-18(24)17-15(19)6-7-16(20)22-17/h2-7,12H,8-11H2,1H3,(H,21,24). The van der Waals surface area contributed by atoms with Crippen LogP contribution in [0.4, 0.5) is 5.69 Å². The summed E-state index contributed by atoms with van der Waals surface area (Å²) in [6, 6.07) is 9.01. The average Bonchev–Trinajstić information content (AvgIpc) is 2.64. The molecular weight excluding hydrogens is 409 g/mol. The van der Waals surface area contributed by atoms with Crippen LogP contribution in [0.5, 0.6) is 0 Å². The molecule has 3 rings (SSSR count). The van der Waals surface area contributed by atoms with E-state index in [1.807, 2.05) is 0 Å². The predicted molar refractivity (Wildman–Crippen MR) is 106 cm³/mol. The number of aromatic nitrogens is 1. The van der Waals surface area contributed by atoms with E-state index in [9.17, 15) is 13.2 Å². The molecule has 1 amide bonds. The summed E-state index contributed by atoms with van der Waals surface area (Å²) in [6.07, 6.45) is 1.72. The van der Waals surface area contributed by atoms with Crippen molar-refractivity contribution < 1.29 is 13.2 Å². The minimum atomic E-state index is -3.53. The molecule has 2 heterocycles. The molecule has 0 radical (unpaired) electrons. The zero-order chi connectivity index (χ0) is 19.6. The van der Waals surface area contributed by atoms with Gasteiger partial charge in [0.15, 0.2) is 0 Å². The monoisotopic (exact) mass is 427 g/mol. The molecule has 0 spiro atoms. The number of piperidine rings is 1. The Bertz CT molecular complexity index is 941. The van der Waals surface area contributed by atoms with Gasteiger partial charge in [-0.1, -0.05) is 30.1 Å². The topological polar surface area (TPSA) is 79.4 Å². The van der Waals surface area contributed by atoms with Crippen LogP contribution in [0.25, 0.3) is 0 Å². The maximum absolute atomic E-state index is 12.7. The highest BCUT2D eigenvalue weighted by Crippen LogP contribution is 2.25. The van der Waals surface area contributed by atoms with Crippen LogP contribution >= 0.6 is 23.2 Å². The molecule has 1 aliphatic rings. The molecule has 1 N–H and O–H groups in total. The number of benzene rings is 1. The summed E-state index contributed by atoms with van der Waals surface area (Å²) in [7, 11) is -3.53. The maximum Gasteiger partial charge on any atom is 0.275 e. The van der Waals surface area contributed by atoms with Gasteiger partial charge < -0.3 is 5.32 Å². The van der Waals surface area contributed by atoms with Crippen molar-refractivity contribution in [2.45, 2.75) is 24.7 Å². The summed E-state index contributed by atoms with van der Waals surface area (Å²) in [6.45, 7) is 3.18. The highest BCUT2D eigenvalue weighted by atomic mass is 35.5. The first kappa shape index (κ1) is 20.1. The van der Waals surface area contributed by atoms with Gasteiger partial charge in [-0.2, -0.15) is 4.31 Å². The molecule has 1 fully saturated rings. The van der Waals surface area contributed by atoms with Crippen LogP contribution in [0.3, 0.4) is 0 Å². The fraction of sp³-hybridized carbons (Fsp3) is 0.333. The van der Waals surface area contributed by atoms with Crippen LogP contribution in [0.15, 0.2) is 41.3 Å². The second-order valence-electron chi connectivity index (χ2n) is 6.53. The number of carbonyl (C=O) groups excluding carboxylic acids is 1. The molecule has 1 aromatic carbocycles. The molecule has 27 heavy (non-hydrogen) atoms. The van der Waals surface area contributed by atoms with Crippen molar-refractivity contribution in [3.8, 4) is 0 Å². The van der Waals surface area contributed by atoms with Gasteiger partial charge in [-0.05, 0) is 55.2 Å². The number of carbonyl (C=O) groups is 1. The quantitative estimate of drug-likeness (QED) is 0.745.